The van der Waals surface area contributed by atoms with E-state index < -0.39 is 0 Å². The van der Waals surface area contributed by atoms with Gasteiger partial charge in [0.1, 0.15) is 0 Å². The molecule has 3 aliphatic heterocycles. The van der Waals surface area contributed by atoms with Crippen LogP contribution < -0.4 is 31.1 Å². The molecule has 2 unspecified atom stereocenters. The van der Waals surface area contributed by atoms with Gasteiger partial charge in [-0.3, -0.25) is 0 Å². The van der Waals surface area contributed by atoms with Gasteiger partial charge in [-0.2, -0.15) is 0 Å². The molecule has 0 amide bonds. The third kappa shape index (κ3) is 6.03. The van der Waals surface area contributed by atoms with Gasteiger partial charge in [0.05, 0.1) is 16.9 Å². The highest BCUT2D eigenvalue weighted by Crippen LogP contribution is 2.63. The lowest BCUT2D eigenvalue weighted by Gasteiger charge is -2.51. The summed E-state index contributed by atoms with van der Waals surface area (Å²) in [6.45, 7) is 24.1. The minimum Gasteiger partial charge on any atom is -0.334 e. The Kier molecular flexibility index (Phi) is 9.32. The van der Waals surface area contributed by atoms with Crippen molar-refractivity contribution >= 4 is 132 Å². The van der Waals surface area contributed by atoms with Crippen molar-refractivity contribution in [2.24, 2.45) is 0 Å². The second-order valence-electron chi connectivity index (χ2n) is 24.2. The summed E-state index contributed by atoms with van der Waals surface area (Å²) in [4.78, 5) is 8.30. The van der Waals surface area contributed by atoms with Crippen molar-refractivity contribution in [1.82, 2.24) is 0 Å². The van der Waals surface area contributed by atoms with E-state index in [0.29, 0.717) is 0 Å². The summed E-state index contributed by atoms with van der Waals surface area (Å²) in [5.74, 6) is 0. The predicted octanol–water partition coefficient (Wildman–Crippen LogP) is 17.5. The van der Waals surface area contributed by atoms with Gasteiger partial charge in [-0.05, 0) is 155 Å². The quantitative estimate of drug-likeness (QED) is 0.163. The van der Waals surface area contributed by atoms with Gasteiger partial charge in [0.2, 0.25) is 0 Å². The molecular formula is C66H62BN3S2. The Bertz CT molecular complexity index is 3750. The maximum absolute atomic E-state index is 2.85. The molecule has 72 heavy (non-hydrogen) atoms. The molecule has 0 bridgehead atoms. The van der Waals surface area contributed by atoms with Crippen LogP contribution in [-0.2, 0) is 16.2 Å². The highest BCUT2D eigenvalue weighted by molar-refractivity contribution is 7.26. The van der Waals surface area contributed by atoms with E-state index >= 15 is 0 Å². The molecule has 3 nitrogen and oxygen atoms in total. The second-order valence-corrected chi connectivity index (χ2v) is 26.3. The molecule has 6 heteroatoms. The van der Waals surface area contributed by atoms with E-state index in [2.05, 4.69) is 230 Å². The number of hydrogen-bond donors (Lipinski definition) is 0. The number of anilines is 8. The third-order valence-electron chi connectivity index (χ3n) is 17.8. The number of benzene rings is 8. The summed E-state index contributed by atoms with van der Waals surface area (Å²) in [5, 5.41) is 5.28. The summed E-state index contributed by atoms with van der Waals surface area (Å²) in [5.41, 5.74) is 21.0. The van der Waals surface area contributed by atoms with Crippen LogP contribution in [0.5, 0.6) is 0 Å². The Labute approximate surface area is 433 Å². The average molecular weight is 972 g/mol. The first-order valence-corrected chi connectivity index (χ1v) is 28.0. The van der Waals surface area contributed by atoms with E-state index in [0.717, 1.165) is 6.42 Å². The van der Waals surface area contributed by atoms with Gasteiger partial charge in [0, 0.05) is 79.9 Å². The van der Waals surface area contributed by atoms with Gasteiger partial charge in [0.25, 0.3) is 6.71 Å². The lowest BCUT2D eigenvalue weighted by Crippen LogP contribution is -2.61. The van der Waals surface area contributed by atoms with Gasteiger partial charge >= 0.3 is 0 Å². The normalized spacial score (nSPS) is 19.3. The molecule has 0 saturated heterocycles. The van der Waals surface area contributed by atoms with Crippen molar-refractivity contribution in [2.45, 2.75) is 117 Å². The Hall–Kier alpha value is -6.34. The van der Waals surface area contributed by atoms with Crippen LogP contribution in [0.3, 0.4) is 0 Å². The molecule has 1 saturated carbocycles. The van der Waals surface area contributed by atoms with E-state index in [1.807, 2.05) is 22.7 Å². The Balaban J connectivity index is 1.17. The molecular weight excluding hydrogens is 910 g/mol. The van der Waals surface area contributed by atoms with Gasteiger partial charge in [-0.25, -0.2) is 0 Å². The van der Waals surface area contributed by atoms with Crippen LogP contribution in [0.4, 0.5) is 45.5 Å². The molecule has 356 valence electrons. The molecule has 0 N–H and O–H groups in total. The first-order chi connectivity index (χ1) is 34.5. The number of rotatable bonds is 3. The molecule has 8 aromatic carbocycles. The molecule has 14 rings (SSSR count). The topological polar surface area (TPSA) is 9.72 Å². The molecule has 1 aliphatic carbocycles. The highest BCUT2D eigenvalue weighted by Gasteiger charge is 2.59. The standard InChI is InChI=1S/C66H62BN3S2/c1-39-33-40(2)61-52(34-39)70(66(10)32-16-15-31-65(61,66)9)43-37-53-62-54(38-43)69(49-22-18-26-58-60(49)45-20-12-14-24-56(45)72-58)51-36-42(64(6,7)8)28-30-47(51)67(62)46-29-27-41(63(3,4)5)35-50(46)68(53)48-21-17-25-57-59(48)44-19-11-13-23-55(44)71-57/h11-14,17-30,33-38H,15-16,31-32H2,1-10H3. The fraction of sp³-hybridized carbons (Fsp3) is 0.273. The lowest BCUT2D eigenvalue weighted by atomic mass is 9.33. The molecule has 5 heterocycles. The van der Waals surface area contributed by atoms with E-state index in [-0.39, 0.29) is 28.5 Å². The molecule has 1 fully saturated rings. The van der Waals surface area contributed by atoms with Crippen molar-refractivity contribution in [1.29, 1.82) is 0 Å². The Morgan fingerprint density at radius 2 is 0.986 bits per heavy atom. The molecule has 0 radical (unpaired) electrons. The minimum atomic E-state index is -0.146. The maximum atomic E-state index is 2.85. The Morgan fingerprint density at radius 1 is 0.486 bits per heavy atom. The van der Waals surface area contributed by atoms with Crippen LogP contribution in [0.1, 0.15) is 109 Å². The largest absolute Gasteiger partial charge is 0.334 e. The first-order valence-electron chi connectivity index (χ1n) is 26.3. The molecule has 10 aromatic rings. The van der Waals surface area contributed by atoms with Crippen molar-refractivity contribution < 1.29 is 0 Å². The van der Waals surface area contributed by atoms with Gasteiger partial charge in [0.15, 0.2) is 0 Å². The number of hydrogen-bond acceptors (Lipinski definition) is 5. The molecule has 2 aromatic heterocycles. The fourth-order valence-electron chi connectivity index (χ4n) is 14.2. The number of aryl methyl sites for hydroxylation is 2. The highest BCUT2D eigenvalue weighted by atomic mass is 32.1. The van der Waals surface area contributed by atoms with Crippen LogP contribution in [0.15, 0.2) is 146 Å². The maximum Gasteiger partial charge on any atom is 0.252 e. The number of fused-ring (bicyclic) bond motifs is 13. The van der Waals surface area contributed by atoms with E-state index in [4.69, 9.17) is 0 Å². The zero-order valence-corrected chi connectivity index (χ0v) is 45.1. The summed E-state index contributed by atoms with van der Waals surface area (Å²) < 4.78 is 5.28. The van der Waals surface area contributed by atoms with Crippen molar-refractivity contribution in [3.05, 3.63) is 173 Å². The van der Waals surface area contributed by atoms with Gasteiger partial charge < -0.3 is 14.7 Å². The first kappa shape index (κ1) is 44.4. The van der Waals surface area contributed by atoms with E-state index in [1.165, 1.54) is 149 Å². The Morgan fingerprint density at radius 3 is 1.51 bits per heavy atom. The van der Waals surface area contributed by atoms with Crippen LogP contribution in [0, 0.1) is 13.8 Å². The predicted molar refractivity (Wildman–Crippen MR) is 316 cm³/mol. The fourth-order valence-corrected chi connectivity index (χ4v) is 16.5. The average Bonchev–Trinajstić information content (AvgIpc) is 3.99. The van der Waals surface area contributed by atoms with E-state index in [1.54, 1.807) is 0 Å². The van der Waals surface area contributed by atoms with Crippen molar-refractivity contribution in [2.75, 3.05) is 14.7 Å². The van der Waals surface area contributed by atoms with Crippen LogP contribution in [0.2, 0.25) is 0 Å². The van der Waals surface area contributed by atoms with Crippen LogP contribution in [-0.4, -0.2) is 12.3 Å². The lowest BCUT2D eigenvalue weighted by molar-refractivity contribution is 0.194. The summed E-state index contributed by atoms with van der Waals surface area (Å²) >= 11 is 3.82. The molecule has 4 aliphatic rings. The SMILES string of the molecule is Cc1cc(C)c2c(c1)N(c1cc3c4c(c1)N(c1cccc5sc6ccccc6c15)c1cc(C(C)(C)C)ccc1B4c1ccc(C(C)(C)C)cc1N3c1cccc3sc4ccccc4c13)C1(C)CCCCC21C. The zero-order chi connectivity index (χ0) is 49.4. The minimum absolute atomic E-state index is 0.00711. The van der Waals surface area contributed by atoms with Crippen LogP contribution in [0.25, 0.3) is 40.3 Å². The van der Waals surface area contributed by atoms with Gasteiger partial charge in [-0.15, -0.1) is 22.7 Å². The summed E-state index contributed by atoms with van der Waals surface area (Å²) in [6, 6.07) is 57.5. The number of thiophene rings is 2. The van der Waals surface area contributed by atoms with Crippen LogP contribution >= 0.6 is 22.7 Å². The smallest absolute Gasteiger partial charge is 0.252 e. The summed E-state index contributed by atoms with van der Waals surface area (Å²) in [7, 11) is 0. The van der Waals surface area contributed by atoms with Crippen molar-refractivity contribution in [3.63, 3.8) is 0 Å². The van der Waals surface area contributed by atoms with Crippen molar-refractivity contribution in [3.8, 4) is 0 Å². The molecule has 0 spiro atoms. The van der Waals surface area contributed by atoms with E-state index in [9.17, 15) is 0 Å². The second kappa shape index (κ2) is 15.1. The third-order valence-corrected chi connectivity index (χ3v) is 20.1. The monoisotopic (exact) mass is 971 g/mol. The molecule has 2 atom stereocenters. The zero-order valence-electron chi connectivity index (χ0n) is 43.4. The number of nitrogens with zero attached hydrogens (tertiary/aromatic N) is 3. The summed E-state index contributed by atoms with van der Waals surface area (Å²) in [6.07, 6.45) is 4.79. The van der Waals surface area contributed by atoms with Gasteiger partial charge in [-0.1, -0.05) is 140 Å².